The third kappa shape index (κ3) is 3.63. The molecule has 0 bridgehead atoms. The SMILES string of the molecule is O=[N+]([O-])c1ccccc1C=CC=Cc1ccccc1[N+](=O)[O-]. The molecule has 0 heterocycles. The van der Waals surface area contributed by atoms with Gasteiger partial charge in [-0.1, -0.05) is 36.4 Å². The van der Waals surface area contributed by atoms with Gasteiger partial charge in [-0.25, -0.2) is 0 Å². The van der Waals surface area contributed by atoms with Crippen molar-refractivity contribution in [1.82, 2.24) is 0 Å². The van der Waals surface area contributed by atoms with Crippen molar-refractivity contribution in [3.63, 3.8) is 0 Å². The summed E-state index contributed by atoms with van der Waals surface area (Å²) in [6.07, 6.45) is 6.39. The second-order valence-electron chi connectivity index (χ2n) is 4.35. The van der Waals surface area contributed by atoms with Crippen LogP contribution in [0, 0.1) is 20.2 Å². The summed E-state index contributed by atoms with van der Waals surface area (Å²) in [5.41, 5.74) is 0.968. The lowest BCUT2D eigenvalue weighted by Gasteiger charge is -1.96. The number of hydrogen-bond acceptors (Lipinski definition) is 4. The highest BCUT2D eigenvalue weighted by atomic mass is 16.6. The van der Waals surface area contributed by atoms with Gasteiger partial charge in [-0.15, -0.1) is 0 Å². The van der Waals surface area contributed by atoms with Crippen LogP contribution in [0.4, 0.5) is 11.4 Å². The summed E-state index contributed by atoms with van der Waals surface area (Å²) in [5.74, 6) is 0. The second kappa shape index (κ2) is 6.94. The van der Waals surface area contributed by atoms with E-state index in [0.717, 1.165) is 0 Å². The Bertz CT molecular complexity index is 701. The number of benzene rings is 2. The summed E-state index contributed by atoms with van der Waals surface area (Å²) in [6.45, 7) is 0. The van der Waals surface area contributed by atoms with E-state index in [1.165, 1.54) is 12.1 Å². The van der Waals surface area contributed by atoms with Gasteiger partial charge in [0, 0.05) is 12.1 Å². The molecule has 0 fully saturated rings. The van der Waals surface area contributed by atoms with Crippen molar-refractivity contribution in [2.75, 3.05) is 0 Å². The summed E-state index contributed by atoms with van der Waals surface area (Å²) >= 11 is 0. The van der Waals surface area contributed by atoms with Crippen LogP contribution in [0.5, 0.6) is 0 Å². The quantitative estimate of drug-likeness (QED) is 0.469. The van der Waals surface area contributed by atoms with Crippen LogP contribution in [0.15, 0.2) is 60.7 Å². The van der Waals surface area contributed by atoms with Crippen molar-refractivity contribution in [2.24, 2.45) is 0 Å². The van der Waals surface area contributed by atoms with Crippen LogP contribution in [-0.2, 0) is 0 Å². The van der Waals surface area contributed by atoms with E-state index >= 15 is 0 Å². The lowest BCUT2D eigenvalue weighted by atomic mass is 10.1. The largest absolute Gasteiger partial charge is 0.276 e. The van der Waals surface area contributed by atoms with Crippen molar-refractivity contribution in [3.8, 4) is 0 Å². The van der Waals surface area contributed by atoms with Crippen LogP contribution in [0.2, 0.25) is 0 Å². The number of nitro benzene ring substituents is 2. The highest BCUT2D eigenvalue weighted by Crippen LogP contribution is 2.20. The van der Waals surface area contributed by atoms with Crippen molar-refractivity contribution in [3.05, 3.63) is 92.0 Å². The zero-order chi connectivity index (χ0) is 15.9. The zero-order valence-electron chi connectivity index (χ0n) is 11.5. The highest BCUT2D eigenvalue weighted by molar-refractivity contribution is 5.66. The molecule has 2 aromatic carbocycles. The molecule has 110 valence electrons. The number of hydrogen-bond donors (Lipinski definition) is 0. The van der Waals surface area contributed by atoms with Crippen LogP contribution in [0.3, 0.4) is 0 Å². The Morgan fingerprint density at radius 1 is 0.682 bits per heavy atom. The summed E-state index contributed by atoms with van der Waals surface area (Å²) in [5, 5.41) is 21.7. The third-order valence-electron chi connectivity index (χ3n) is 2.93. The van der Waals surface area contributed by atoms with Crippen molar-refractivity contribution < 1.29 is 9.85 Å². The molecule has 2 rings (SSSR count). The molecule has 0 atom stereocenters. The lowest BCUT2D eigenvalue weighted by molar-refractivity contribution is -0.385. The summed E-state index contributed by atoms with van der Waals surface area (Å²) in [4.78, 5) is 20.8. The maximum Gasteiger partial charge on any atom is 0.276 e. The molecule has 0 saturated carbocycles. The molecule has 0 radical (unpaired) electrons. The average Bonchev–Trinajstić information content (AvgIpc) is 2.52. The smallest absolute Gasteiger partial charge is 0.258 e. The van der Waals surface area contributed by atoms with Crippen LogP contribution < -0.4 is 0 Å². The number of nitrogens with zero attached hydrogens (tertiary/aromatic N) is 2. The molecule has 0 N–H and O–H groups in total. The fourth-order valence-corrected chi connectivity index (χ4v) is 1.91. The fourth-order valence-electron chi connectivity index (χ4n) is 1.91. The minimum Gasteiger partial charge on any atom is -0.258 e. The Kier molecular flexibility index (Phi) is 4.77. The van der Waals surface area contributed by atoms with Crippen molar-refractivity contribution in [2.45, 2.75) is 0 Å². The number of para-hydroxylation sites is 2. The molecule has 6 nitrogen and oxygen atoms in total. The maximum absolute atomic E-state index is 10.9. The molecule has 0 aromatic heterocycles. The minimum atomic E-state index is -0.453. The van der Waals surface area contributed by atoms with Crippen molar-refractivity contribution >= 4 is 23.5 Å². The van der Waals surface area contributed by atoms with Gasteiger partial charge in [0.05, 0.1) is 21.0 Å². The Morgan fingerprint density at radius 3 is 1.41 bits per heavy atom. The normalized spacial score (nSPS) is 11.1. The molecule has 6 heteroatoms. The number of allylic oxidation sites excluding steroid dienone is 2. The number of nitro groups is 2. The molecule has 0 aliphatic heterocycles. The molecule has 0 aliphatic rings. The lowest BCUT2D eigenvalue weighted by Crippen LogP contribution is -1.90. The van der Waals surface area contributed by atoms with Crippen LogP contribution >= 0.6 is 0 Å². The van der Waals surface area contributed by atoms with Gasteiger partial charge in [0.25, 0.3) is 11.4 Å². The first-order valence-corrected chi connectivity index (χ1v) is 6.41. The third-order valence-corrected chi connectivity index (χ3v) is 2.93. The Hall–Kier alpha value is -3.28. The van der Waals surface area contributed by atoms with Gasteiger partial charge < -0.3 is 0 Å². The Labute approximate surface area is 126 Å². The predicted molar refractivity (Wildman–Crippen MR) is 84.3 cm³/mol. The average molecular weight is 296 g/mol. The van der Waals surface area contributed by atoms with E-state index in [1.807, 2.05) is 0 Å². The molecule has 0 amide bonds. The number of rotatable bonds is 5. The van der Waals surface area contributed by atoms with Crippen LogP contribution in [0.25, 0.3) is 12.2 Å². The fraction of sp³-hybridized carbons (Fsp3) is 0. The van der Waals surface area contributed by atoms with Gasteiger partial charge in [0.15, 0.2) is 0 Å². The van der Waals surface area contributed by atoms with E-state index in [-0.39, 0.29) is 11.4 Å². The Balaban J connectivity index is 2.20. The topological polar surface area (TPSA) is 86.3 Å². The standard InChI is InChI=1S/C16H12N2O4/c19-17(20)15-11-5-3-9-13(15)7-1-2-8-14-10-4-6-12-16(14)18(21)22/h1-12H. The first-order chi connectivity index (χ1) is 10.6. The molecule has 2 aromatic rings. The van der Waals surface area contributed by atoms with E-state index in [1.54, 1.807) is 60.7 Å². The van der Waals surface area contributed by atoms with E-state index in [0.29, 0.717) is 11.1 Å². The highest BCUT2D eigenvalue weighted by Gasteiger charge is 2.09. The predicted octanol–water partition coefficient (Wildman–Crippen LogP) is 4.23. The van der Waals surface area contributed by atoms with Gasteiger partial charge in [0.1, 0.15) is 0 Å². The summed E-state index contributed by atoms with van der Waals surface area (Å²) < 4.78 is 0. The maximum atomic E-state index is 10.9. The zero-order valence-corrected chi connectivity index (χ0v) is 11.5. The molecule has 0 saturated heterocycles. The van der Waals surface area contributed by atoms with E-state index in [9.17, 15) is 20.2 Å². The molecular weight excluding hydrogens is 284 g/mol. The first kappa shape index (κ1) is 15.1. The second-order valence-corrected chi connectivity index (χ2v) is 4.35. The summed E-state index contributed by atoms with van der Waals surface area (Å²) in [7, 11) is 0. The molecule has 0 aliphatic carbocycles. The monoisotopic (exact) mass is 296 g/mol. The summed E-state index contributed by atoms with van der Waals surface area (Å²) in [6, 6.07) is 12.7. The minimum absolute atomic E-state index is 0.0119. The first-order valence-electron chi connectivity index (χ1n) is 6.41. The van der Waals surface area contributed by atoms with Crippen LogP contribution in [-0.4, -0.2) is 9.85 Å². The van der Waals surface area contributed by atoms with Gasteiger partial charge >= 0.3 is 0 Å². The Morgan fingerprint density at radius 2 is 1.05 bits per heavy atom. The van der Waals surface area contributed by atoms with Gasteiger partial charge in [-0.3, -0.25) is 20.2 Å². The van der Waals surface area contributed by atoms with E-state index in [4.69, 9.17) is 0 Å². The van der Waals surface area contributed by atoms with Gasteiger partial charge in [-0.05, 0) is 24.3 Å². The van der Waals surface area contributed by atoms with Gasteiger partial charge in [0.2, 0.25) is 0 Å². The van der Waals surface area contributed by atoms with Crippen LogP contribution in [0.1, 0.15) is 11.1 Å². The molecule has 0 unspecified atom stereocenters. The molecule has 0 spiro atoms. The molecule has 22 heavy (non-hydrogen) atoms. The van der Waals surface area contributed by atoms with E-state index in [2.05, 4.69) is 0 Å². The van der Waals surface area contributed by atoms with Gasteiger partial charge in [-0.2, -0.15) is 0 Å². The van der Waals surface area contributed by atoms with E-state index < -0.39 is 9.85 Å². The van der Waals surface area contributed by atoms with Crippen molar-refractivity contribution in [1.29, 1.82) is 0 Å². The molecular formula is C16H12N2O4.